The van der Waals surface area contributed by atoms with Crippen LogP contribution in [0.5, 0.6) is 0 Å². The van der Waals surface area contributed by atoms with Gasteiger partial charge < -0.3 is 10.2 Å². The van der Waals surface area contributed by atoms with Gasteiger partial charge in [0.05, 0.1) is 5.92 Å². The van der Waals surface area contributed by atoms with Crippen LogP contribution in [0, 0.1) is 25.7 Å². The third-order valence-corrected chi connectivity index (χ3v) is 4.07. The van der Waals surface area contributed by atoms with Gasteiger partial charge in [-0.3, -0.25) is 4.79 Å². The Bertz CT molecular complexity index is 495. The molecule has 5 heteroatoms. The van der Waals surface area contributed by atoms with Gasteiger partial charge in [-0.05, 0) is 45.1 Å². The first-order chi connectivity index (χ1) is 10.5. The van der Waals surface area contributed by atoms with Gasteiger partial charge in [0.25, 0.3) is 0 Å². The molecule has 1 aliphatic heterocycles. The van der Waals surface area contributed by atoms with Crippen molar-refractivity contribution in [1.82, 2.24) is 15.3 Å². The number of amides is 1. The van der Waals surface area contributed by atoms with Crippen LogP contribution in [-0.4, -0.2) is 35.5 Å². The number of piperidine rings is 1. The number of nitrogens with one attached hydrogen (secondary N) is 1. The van der Waals surface area contributed by atoms with Crippen LogP contribution in [0.1, 0.15) is 44.5 Å². The van der Waals surface area contributed by atoms with E-state index in [1.165, 1.54) is 0 Å². The van der Waals surface area contributed by atoms with Crippen molar-refractivity contribution in [3.63, 3.8) is 0 Å². The van der Waals surface area contributed by atoms with Crippen LogP contribution < -0.4 is 10.2 Å². The summed E-state index contributed by atoms with van der Waals surface area (Å²) in [6.45, 7) is 10.7. The summed E-state index contributed by atoms with van der Waals surface area (Å²) in [6, 6.07) is 1.98. The first-order valence-electron chi connectivity index (χ1n) is 8.30. The molecule has 1 aliphatic rings. The molecule has 0 aliphatic carbocycles. The SMILES string of the molecule is Cc1cc(C)nc(N2CCCC(C(=O)NCCC(C)C)C2)n1. The fourth-order valence-corrected chi connectivity index (χ4v) is 2.85. The average molecular weight is 304 g/mol. The van der Waals surface area contributed by atoms with Gasteiger partial charge in [-0.15, -0.1) is 0 Å². The number of carbonyl (C=O) groups is 1. The predicted molar refractivity (Wildman–Crippen MR) is 88.9 cm³/mol. The molecule has 0 spiro atoms. The molecule has 1 saturated heterocycles. The molecule has 1 unspecified atom stereocenters. The molecule has 1 fully saturated rings. The van der Waals surface area contributed by atoms with E-state index in [2.05, 4.69) is 34.0 Å². The quantitative estimate of drug-likeness (QED) is 0.908. The molecule has 22 heavy (non-hydrogen) atoms. The highest BCUT2D eigenvalue weighted by molar-refractivity contribution is 5.79. The Hall–Kier alpha value is -1.65. The second kappa shape index (κ2) is 7.56. The maximum absolute atomic E-state index is 12.3. The van der Waals surface area contributed by atoms with Gasteiger partial charge in [0.2, 0.25) is 11.9 Å². The lowest BCUT2D eigenvalue weighted by Gasteiger charge is -2.32. The summed E-state index contributed by atoms with van der Waals surface area (Å²) in [5, 5.41) is 3.07. The van der Waals surface area contributed by atoms with Gasteiger partial charge in [-0.1, -0.05) is 13.8 Å². The maximum atomic E-state index is 12.3. The lowest BCUT2D eigenvalue weighted by Crippen LogP contribution is -2.44. The van der Waals surface area contributed by atoms with Gasteiger partial charge in [0.1, 0.15) is 0 Å². The normalized spacial score (nSPS) is 18.6. The number of aryl methyl sites for hydroxylation is 2. The molecule has 0 bridgehead atoms. The number of carbonyl (C=O) groups excluding carboxylic acids is 1. The molecular formula is C17H28N4O. The molecule has 1 aromatic rings. The van der Waals surface area contributed by atoms with Crippen molar-refractivity contribution in [1.29, 1.82) is 0 Å². The Morgan fingerprint density at radius 1 is 1.36 bits per heavy atom. The highest BCUT2D eigenvalue weighted by Crippen LogP contribution is 2.21. The van der Waals surface area contributed by atoms with Crippen molar-refractivity contribution >= 4 is 11.9 Å². The molecule has 2 rings (SSSR count). The third kappa shape index (κ3) is 4.68. The fourth-order valence-electron chi connectivity index (χ4n) is 2.85. The van der Waals surface area contributed by atoms with Gasteiger partial charge in [0.15, 0.2) is 0 Å². The van der Waals surface area contributed by atoms with E-state index in [-0.39, 0.29) is 11.8 Å². The minimum absolute atomic E-state index is 0.0466. The zero-order valence-electron chi connectivity index (χ0n) is 14.2. The monoisotopic (exact) mass is 304 g/mol. The Balaban J connectivity index is 1.95. The third-order valence-electron chi connectivity index (χ3n) is 4.07. The highest BCUT2D eigenvalue weighted by atomic mass is 16.1. The van der Waals surface area contributed by atoms with Gasteiger partial charge >= 0.3 is 0 Å². The Kier molecular flexibility index (Phi) is 5.75. The Morgan fingerprint density at radius 3 is 2.68 bits per heavy atom. The van der Waals surface area contributed by atoms with Crippen LogP contribution in [0.3, 0.4) is 0 Å². The zero-order chi connectivity index (χ0) is 16.1. The minimum Gasteiger partial charge on any atom is -0.356 e. The predicted octanol–water partition coefficient (Wildman–Crippen LogP) is 2.47. The molecule has 0 saturated carbocycles. The molecule has 5 nitrogen and oxygen atoms in total. The van der Waals surface area contributed by atoms with E-state index in [4.69, 9.17) is 0 Å². The molecule has 1 atom stereocenters. The number of aromatic nitrogens is 2. The zero-order valence-corrected chi connectivity index (χ0v) is 14.2. The number of hydrogen-bond acceptors (Lipinski definition) is 4. The van der Waals surface area contributed by atoms with Crippen LogP contribution >= 0.6 is 0 Å². The molecule has 1 N–H and O–H groups in total. The van der Waals surface area contributed by atoms with E-state index in [1.807, 2.05) is 19.9 Å². The van der Waals surface area contributed by atoms with Gasteiger partial charge in [-0.2, -0.15) is 0 Å². The van der Waals surface area contributed by atoms with Crippen molar-refractivity contribution in [3.8, 4) is 0 Å². The van der Waals surface area contributed by atoms with Crippen molar-refractivity contribution in [3.05, 3.63) is 17.5 Å². The number of rotatable bonds is 5. The summed E-state index contributed by atoms with van der Waals surface area (Å²) >= 11 is 0. The fraction of sp³-hybridized carbons (Fsp3) is 0.706. The first kappa shape index (κ1) is 16.7. The number of hydrogen-bond donors (Lipinski definition) is 1. The van der Waals surface area contributed by atoms with Gasteiger partial charge in [0, 0.05) is 31.0 Å². The van der Waals surface area contributed by atoms with E-state index in [0.29, 0.717) is 5.92 Å². The van der Waals surface area contributed by atoms with Crippen molar-refractivity contribution in [2.45, 2.75) is 47.0 Å². The average Bonchev–Trinajstić information content (AvgIpc) is 2.46. The standard InChI is InChI=1S/C17H28N4O/c1-12(2)7-8-18-16(22)15-6-5-9-21(11-15)17-19-13(3)10-14(4)20-17/h10,12,15H,5-9,11H2,1-4H3,(H,18,22). The highest BCUT2D eigenvalue weighted by Gasteiger charge is 2.27. The van der Waals surface area contributed by atoms with Crippen LogP contribution in [-0.2, 0) is 4.79 Å². The topological polar surface area (TPSA) is 58.1 Å². The molecule has 2 heterocycles. The molecule has 122 valence electrons. The van der Waals surface area contributed by atoms with E-state index >= 15 is 0 Å². The second-order valence-corrected chi connectivity index (χ2v) is 6.71. The van der Waals surface area contributed by atoms with E-state index < -0.39 is 0 Å². The number of nitrogens with zero attached hydrogens (tertiary/aromatic N) is 3. The summed E-state index contributed by atoms with van der Waals surface area (Å²) in [5.74, 6) is 1.60. The van der Waals surface area contributed by atoms with Crippen molar-refractivity contribution in [2.24, 2.45) is 11.8 Å². The number of anilines is 1. The van der Waals surface area contributed by atoms with Crippen molar-refractivity contribution < 1.29 is 4.79 Å². The minimum atomic E-state index is 0.0466. The van der Waals surface area contributed by atoms with E-state index in [9.17, 15) is 4.79 Å². The Morgan fingerprint density at radius 2 is 2.05 bits per heavy atom. The van der Waals surface area contributed by atoms with Crippen molar-refractivity contribution in [2.75, 3.05) is 24.5 Å². The van der Waals surface area contributed by atoms with E-state index in [1.54, 1.807) is 0 Å². The lowest BCUT2D eigenvalue weighted by atomic mass is 9.97. The summed E-state index contributed by atoms with van der Waals surface area (Å²) in [4.78, 5) is 23.5. The molecule has 0 radical (unpaired) electrons. The molecule has 0 aromatic carbocycles. The summed E-state index contributed by atoms with van der Waals surface area (Å²) in [5.41, 5.74) is 1.96. The largest absolute Gasteiger partial charge is 0.356 e. The summed E-state index contributed by atoms with van der Waals surface area (Å²) < 4.78 is 0. The van der Waals surface area contributed by atoms with E-state index in [0.717, 1.165) is 56.2 Å². The molecule has 1 aromatic heterocycles. The molecular weight excluding hydrogens is 276 g/mol. The summed E-state index contributed by atoms with van der Waals surface area (Å²) in [7, 11) is 0. The van der Waals surface area contributed by atoms with Crippen LogP contribution in [0.2, 0.25) is 0 Å². The lowest BCUT2D eigenvalue weighted by molar-refractivity contribution is -0.125. The van der Waals surface area contributed by atoms with Crippen LogP contribution in [0.25, 0.3) is 0 Å². The maximum Gasteiger partial charge on any atom is 0.225 e. The second-order valence-electron chi connectivity index (χ2n) is 6.71. The smallest absolute Gasteiger partial charge is 0.225 e. The van der Waals surface area contributed by atoms with Gasteiger partial charge in [-0.25, -0.2) is 9.97 Å². The van der Waals surface area contributed by atoms with Crippen LogP contribution in [0.15, 0.2) is 6.07 Å². The molecule has 1 amide bonds. The first-order valence-corrected chi connectivity index (χ1v) is 8.30. The van der Waals surface area contributed by atoms with Crippen LogP contribution in [0.4, 0.5) is 5.95 Å². The summed E-state index contributed by atoms with van der Waals surface area (Å²) in [6.07, 6.45) is 3.00. The Labute approximate surface area is 133 Å².